The summed E-state index contributed by atoms with van der Waals surface area (Å²) in [5.41, 5.74) is 0.442. The van der Waals surface area contributed by atoms with Crippen molar-refractivity contribution >= 4 is 38.8 Å². The highest BCUT2D eigenvalue weighted by Gasteiger charge is 2.34. The smallest absolute Gasteiger partial charge is 0.322 e. The number of carbonyl (C=O) groups is 1. The van der Waals surface area contributed by atoms with Crippen LogP contribution < -0.4 is 10.2 Å². The summed E-state index contributed by atoms with van der Waals surface area (Å²) in [5, 5.41) is 2.55. The van der Waals surface area contributed by atoms with E-state index in [1.54, 1.807) is 17.0 Å². The van der Waals surface area contributed by atoms with Crippen molar-refractivity contribution in [3.05, 3.63) is 83.9 Å². The molecule has 1 aliphatic heterocycles. The summed E-state index contributed by atoms with van der Waals surface area (Å²) in [5.74, 6) is -0.416. The normalized spacial score (nSPS) is 15.7. The van der Waals surface area contributed by atoms with Crippen LogP contribution in [0.5, 0.6) is 0 Å². The predicted molar refractivity (Wildman–Crippen MR) is 128 cm³/mol. The Labute approximate surface area is 201 Å². The van der Waals surface area contributed by atoms with E-state index in [4.69, 9.17) is 0 Å². The molecule has 1 atom stereocenters. The van der Waals surface area contributed by atoms with Crippen molar-refractivity contribution in [2.24, 2.45) is 10.3 Å². The fraction of sp³-hybridized carbons (Fsp3) is 0.200. The first-order chi connectivity index (χ1) is 16.5. The number of alkyl halides is 3. The van der Waals surface area contributed by atoms with Crippen molar-refractivity contribution in [2.45, 2.75) is 31.3 Å². The number of benzene rings is 3. The maximum absolute atomic E-state index is 13.1. The van der Waals surface area contributed by atoms with Gasteiger partial charge in [0.1, 0.15) is 10.7 Å². The highest BCUT2D eigenvalue weighted by atomic mass is 32.2. The van der Waals surface area contributed by atoms with E-state index in [0.29, 0.717) is 17.9 Å². The Balaban J connectivity index is 1.70. The van der Waals surface area contributed by atoms with E-state index in [0.717, 1.165) is 30.0 Å². The molecule has 1 N–H and O–H groups in total. The van der Waals surface area contributed by atoms with E-state index < -0.39 is 27.7 Å². The van der Waals surface area contributed by atoms with E-state index >= 15 is 0 Å². The Morgan fingerprint density at radius 2 is 1.69 bits per heavy atom. The molecule has 1 aliphatic rings. The second-order valence-electron chi connectivity index (χ2n) is 8.12. The molecule has 4 rings (SSSR count). The zero-order chi connectivity index (χ0) is 25.4. The monoisotopic (exact) mass is 501 g/mol. The van der Waals surface area contributed by atoms with Gasteiger partial charge in [0.05, 0.1) is 11.3 Å². The predicted octanol–water partition coefficient (Wildman–Crippen LogP) is 6.24. The maximum atomic E-state index is 13.1. The summed E-state index contributed by atoms with van der Waals surface area (Å²) in [6.45, 7) is 3.84. The van der Waals surface area contributed by atoms with Crippen LogP contribution in [0.4, 0.5) is 30.2 Å². The molecule has 35 heavy (non-hydrogen) atoms. The molecule has 0 unspecified atom stereocenters. The Morgan fingerprint density at radius 1 is 1.03 bits per heavy atom. The van der Waals surface area contributed by atoms with Crippen molar-refractivity contribution in [2.75, 3.05) is 10.2 Å². The van der Waals surface area contributed by atoms with Crippen molar-refractivity contribution in [1.82, 2.24) is 0 Å². The van der Waals surface area contributed by atoms with Crippen molar-refractivity contribution in [3.63, 3.8) is 0 Å². The zero-order valence-corrected chi connectivity index (χ0v) is 19.7. The maximum Gasteiger partial charge on any atom is 0.416 e. The van der Waals surface area contributed by atoms with Crippen molar-refractivity contribution < 1.29 is 26.4 Å². The number of carbonyl (C=O) groups excluding carboxylic acids is 1. The molecule has 0 aliphatic carbocycles. The first-order valence-electron chi connectivity index (χ1n) is 10.8. The van der Waals surface area contributed by atoms with Crippen molar-refractivity contribution in [3.8, 4) is 0 Å². The summed E-state index contributed by atoms with van der Waals surface area (Å²) < 4.78 is 68.6. The Hall–Kier alpha value is -3.66. The number of amidine groups is 1. The van der Waals surface area contributed by atoms with E-state index in [-0.39, 0.29) is 22.1 Å². The SMILES string of the molecule is CC[C@H](C)C1=NS(=O)(=O)c2cc(NC(=O)c3ccc(C(F)(F)F)cc3)ccc2N1c1ccccc1. The first-order valence-corrected chi connectivity index (χ1v) is 12.3. The molecule has 0 bridgehead atoms. The van der Waals surface area contributed by atoms with E-state index in [1.807, 2.05) is 44.2 Å². The topological polar surface area (TPSA) is 78.8 Å². The second-order valence-corrected chi connectivity index (χ2v) is 9.69. The number of fused-ring (bicyclic) bond motifs is 1. The molecule has 0 fully saturated rings. The van der Waals surface area contributed by atoms with Gasteiger partial charge in [-0.25, -0.2) is 0 Å². The van der Waals surface area contributed by atoms with Crippen molar-refractivity contribution in [1.29, 1.82) is 0 Å². The van der Waals surface area contributed by atoms with Gasteiger partial charge in [-0.05, 0) is 61.0 Å². The summed E-state index contributed by atoms with van der Waals surface area (Å²) >= 11 is 0. The fourth-order valence-electron chi connectivity index (χ4n) is 3.67. The molecule has 182 valence electrons. The van der Waals surface area contributed by atoms with Crippen LogP contribution in [0.1, 0.15) is 36.2 Å². The molecular weight excluding hydrogens is 479 g/mol. The lowest BCUT2D eigenvalue weighted by Crippen LogP contribution is -2.36. The quantitative estimate of drug-likeness (QED) is 0.449. The molecule has 3 aromatic carbocycles. The van der Waals surface area contributed by atoms with Crippen LogP contribution in [-0.2, 0) is 16.2 Å². The number of halogens is 3. The molecular formula is C25H22F3N3O3S. The van der Waals surface area contributed by atoms with Crippen LogP contribution in [0, 0.1) is 5.92 Å². The van der Waals surface area contributed by atoms with Crippen LogP contribution in [0.25, 0.3) is 0 Å². The van der Waals surface area contributed by atoms with Crippen LogP contribution >= 0.6 is 0 Å². The average molecular weight is 502 g/mol. The highest BCUT2D eigenvalue weighted by molar-refractivity contribution is 7.90. The molecule has 0 saturated heterocycles. The lowest BCUT2D eigenvalue weighted by atomic mass is 10.1. The summed E-state index contributed by atoms with van der Waals surface area (Å²) in [7, 11) is -4.06. The number of nitrogens with one attached hydrogen (secondary N) is 1. The molecule has 0 aromatic heterocycles. The molecule has 0 radical (unpaired) electrons. The third-order valence-electron chi connectivity index (χ3n) is 5.72. The number of amides is 1. The number of nitrogens with zero attached hydrogens (tertiary/aromatic N) is 2. The van der Waals surface area contributed by atoms with Crippen LogP contribution in [0.2, 0.25) is 0 Å². The molecule has 0 saturated carbocycles. The fourth-order valence-corrected chi connectivity index (χ4v) is 4.98. The number of anilines is 3. The minimum atomic E-state index is -4.51. The van der Waals surface area contributed by atoms with Gasteiger partial charge >= 0.3 is 6.18 Å². The Bertz CT molecular complexity index is 1390. The lowest BCUT2D eigenvalue weighted by molar-refractivity contribution is -0.137. The van der Waals surface area contributed by atoms with E-state index in [9.17, 15) is 26.4 Å². The number of rotatable bonds is 5. The molecule has 6 nitrogen and oxygen atoms in total. The average Bonchev–Trinajstić information content (AvgIpc) is 2.83. The molecule has 1 heterocycles. The second kappa shape index (κ2) is 9.18. The molecule has 0 spiro atoms. The Morgan fingerprint density at radius 3 is 2.29 bits per heavy atom. The minimum Gasteiger partial charge on any atom is -0.322 e. The Kier molecular flexibility index (Phi) is 6.42. The summed E-state index contributed by atoms with van der Waals surface area (Å²) in [6, 6.07) is 17.4. The highest BCUT2D eigenvalue weighted by Crippen LogP contribution is 2.40. The van der Waals surface area contributed by atoms with Crippen LogP contribution in [0.3, 0.4) is 0 Å². The van der Waals surface area contributed by atoms with Gasteiger partial charge < -0.3 is 5.32 Å². The number of hydrogen-bond donors (Lipinski definition) is 1. The van der Waals surface area contributed by atoms with Gasteiger partial charge in [-0.2, -0.15) is 21.6 Å². The van der Waals surface area contributed by atoms with Crippen LogP contribution in [-0.4, -0.2) is 20.2 Å². The van der Waals surface area contributed by atoms with Gasteiger partial charge in [0.2, 0.25) is 0 Å². The van der Waals surface area contributed by atoms with Gasteiger partial charge in [-0.1, -0.05) is 32.0 Å². The van der Waals surface area contributed by atoms with E-state index in [2.05, 4.69) is 9.71 Å². The summed E-state index contributed by atoms with van der Waals surface area (Å²) in [6.07, 6.45) is -3.84. The molecule has 1 amide bonds. The van der Waals surface area contributed by atoms with Gasteiger partial charge in [-0.15, -0.1) is 4.40 Å². The zero-order valence-electron chi connectivity index (χ0n) is 18.9. The third kappa shape index (κ3) is 4.93. The van der Waals surface area contributed by atoms with E-state index in [1.165, 1.54) is 6.07 Å². The molecule has 10 heteroatoms. The van der Waals surface area contributed by atoms with Gasteiger partial charge in [0.15, 0.2) is 0 Å². The minimum absolute atomic E-state index is 0.00145. The summed E-state index contributed by atoms with van der Waals surface area (Å²) in [4.78, 5) is 14.3. The first kappa shape index (κ1) is 24.5. The standard InChI is InChI=1S/C25H22F3N3O3S/c1-3-16(2)23-30-35(33,34)22-15-19(13-14-21(22)31(23)20-7-5-4-6-8-20)29-24(32)17-9-11-18(12-10-17)25(26,27)28/h4-16H,3H2,1-2H3,(H,29,32)/t16-/m0/s1. The molecule has 3 aromatic rings. The lowest BCUT2D eigenvalue weighted by Gasteiger charge is -2.33. The third-order valence-corrected chi connectivity index (χ3v) is 7.03. The van der Waals surface area contributed by atoms with Crippen LogP contribution in [0.15, 0.2) is 82.1 Å². The van der Waals surface area contributed by atoms with Gasteiger partial charge in [0.25, 0.3) is 15.9 Å². The number of hydrogen-bond acceptors (Lipinski definition) is 4. The number of para-hydroxylation sites is 1. The van der Waals surface area contributed by atoms with Gasteiger partial charge in [0, 0.05) is 22.9 Å². The largest absolute Gasteiger partial charge is 0.416 e. The van der Waals surface area contributed by atoms with Gasteiger partial charge in [-0.3, -0.25) is 9.69 Å². The number of sulfonamides is 1.